The van der Waals surface area contributed by atoms with Gasteiger partial charge in [-0.3, -0.25) is 9.79 Å². The molecule has 0 aromatic heterocycles. The topological polar surface area (TPSA) is 66.3 Å². The number of hydrogen-bond acceptors (Lipinski definition) is 6. The third kappa shape index (κ3) is 5.22. The number of ether oxygens (including phenoxy) is 1. The lowest BCUT2D eigenvalue weighted by Gasteiger charge is -2.34. The zero-order chi connectivity index (χ0) is 22.6. The first-order valence-corrected chi connectivity index (χ1v) is 12.0. The fourth-order valence-electron chi connectivity index (χ4n) is 4.07. The van der Waals surface area contributed by atoms with Crippen LogP contribution in [0.1, 0.15) is 30.9 Å². The first-order valence-electron chi connectivity index (χ1n) is 11.1. The average molecular weight is 451 g/mol. The highest BCUT2D eigenvalue weighted by molar-refractivity contribution is 8.16. The minimum absolute atomic E-state index is 0.0425. The van der Waals surface area contributed by atoms with Gasteiger partial charge in [-0.25, -0.2) is 4.99 Å². The van der Waals surface area contributed by atoms with Crippen molar-refractivity contribution in [3.05, 3.63) is 59.7 Å². The first-order chi connectivity index (χ1) is 15.5. The molecule has 2 aromatic carbocycles. The second-order valence-corrected chi connectivity index (χ2v) is 9.19. The van der Waals surface area contributed by atoms with Crippen LogP contribution in [0.25, 0.3) is 0 Å². The van der Waals surface area contributed by atoms with Crippen LogP contribution in [0, 0.1) is 6.92 Å². The highest BCUT2D eigenvalue weighted by Gasteiger charge is 2.39. The van der Waals surface area contributed by atoms with E-state index in [-0.39, 0.29) is 5.91 Å². The van der Waals surface area contributed by atoms with Crippen molar-refractivity contribution >= 4 is 34.1 Å². The van der Waals surface area contributed by atoms with E-state index in [1.54, 1.807) is 7.11 Å². The predicted molar refractivity (Wildman–Crippen MR) is 133 cm³/mol. The number of methoxy groups -OCH3 is 1. The molecule has 1 fully saturated rings. The Labute approximate surface area is 194 Å². The van der Waals surface area contributed by atoms with Crippen LogP contribution in [0.2, 0.25) is 0 Å². The molecule has 1 N–H and O–H groups in total. The number of nitrogens with one attached hydrogen (secondary N) is 1. The SMILES string of the molecule is CCN1CCC2(CC1)N=C(SCC(=O)Nc1cccc(C)c1)C(c1ccc(OC)cc1)=N2. The van der Waals surface area contributed by atoms with Crippen molar-refractivity contribution in [3.63, 3.8) is 0 Å². The quantitative estimate of drug-likeness (QED) is 0.709. The van der Waals surface area contributed by atoms with E-state index in [4.69, 9.17) is 14.7 Å². The maximum absolute atomic E-state index is 12.6. The summed E-state index contributed by atoms with van der Waals surface area (Å²) in [6, 6.07) is 15.7. The Morgan fingerprint density at radius 3 is 2.56 bits per heavy atom. The summed E-state index contributed by atoms with van der Waals surface area (Å²) in [7, 11) is 1.66. The number of thioether (sulfide) groups is 1. The van der Waals surface area contributed by atoms with Gasteiger partial charge in [0.1, 0.15) is 10.8 Å². The molecule has 2 heterocycles. The molecule has 32 heavy (non-hydrogen) atoms. The van der Waals surface area contributed by atoms with Gasteiger partial charge in [-0.2, -0.15) is 0 Å². The Bertz CT molecular complexity index is 1020. The molecule has 0 saturated carbocycles. The van der Waals surface area contributed by atoms with E-state index >= 15 is 0 Å². The van der Waals surface area contributed by atoms with Crippen molar-refractivity contribution in [2.45, 2.75) is 32.4 Å². The summed E-state index contributed by atoms with van der Waals surface area (Å²) in [5, 5.41) is 3.83. The molecule has 0 atom stereocenters. The largest absolute Gasteiger partial charge is 0.497 e. The summed E-state index contributed by atoms with van der Waals surface area (Å²) < 4.78 is 5.30. The van der Waals surface area contributed by atoms with Gasteiger partial charge in [0.25, 0.3) is 0 Å². The lowest BCUT2D eigenvalue weighted by molar-refractivity contribution is -0.113. The number of benzene rings is 2. The number of aliphatic imine (C=N–C) groups is 2. The van der Waals surface area contributed by atoms with Crippen molar-refractivity contribution in [1.82, 2.24) is 4.90 Å². The minimum Gasteiger partial charge on any atom is -0.497 e. The van der Waals surface area contributed by atoms with Crippen LogP contribution in [0.3, 0.4) is 0 Å². The number of hydrogen-bond donors (Lipinski definition) is 1. The molecule has 1 spiro atoms. The standard InChI is InChI=1S/C25H30N4O2S/c1-4-29-14-12-25(13-15-29)27-23(19-8-10-21(31-3)11-9-19)24(28-25)32-17-22(30)26-20-7-5-6-18(2)16-20/h5-11,16H,4,12-15,17H2,1-3H3,(H,26,30). The van der Waals surface area contributed by atoms with Crippen molar-refractivity contribution < 1.29 is 9.53 Å². The number of aryl methyl sites for hydroxylation is 1. The van der Waals surface area contributed by atoms with Gasteiger partial charge >= 0.3 is 0 Å². The number of carbonyl (C=O) groups excluding carboxylic acids is 1. The maximum atomic E-state index is 12.6. The summed E-state index contributed by atoms with van der Waals surface area (Å²) in [5.74, 6) is 1.06. The third-order valence-corrected chi connectivity index (χ3v) is 6.91. The smallest absolute Gasteiger partial charge is 0.234 e. The molecule has 0 aliphatic carbocycles. The predicted octanol–water partition coefficient (Wildman–Crippen LogP) is 4.39. The van der Waals surface area contributed by atoms with Crippen LogP contribution in [0.4, 0.5) is 5.69 Å². The highest BCUT2D eigenvalue weighted by Crippen LogP contribution is 2.35. The molecule has 0 unspecified atom stereocenters. The molecule has 0 bridgehead atoms. The molecule has 168 valence electrons. The van der Waals surface area contributed by atoms with Crippen molar-refractivity contribution in [1.29, 1.82) is 0 Å². The van der Waals surface area contributed by atoms with Crippen LogP contribution in [0.5, 0.6) is 5.75 Å². The number of piperidine rings is 1. The summed E-state index contributed by atoms with van der Waals surface area (Å²) in [5.41, 5.74) is 3.41. The second-order valence-electron chi connectivity index (χ2n) is 8.23. The molecule has 7 heteroatoms. The van der Waals surface area contributed by atoms with Crippen LogP contribution in [-0.2, 0) is 4.79 Å². The maximum Gasteiger partial charge on any atom is 0.234 e. The molecule has 1 amide bonds. The van der Waals surface area contributed by atoms with E-state index in [1.165, 1.54) is 11.8 Å². The van der Waals surface area contributed by atoms with E-state index in [0.29, 0.717) is 5.75 Å². The van der Waals surface area contributed by atoms with E-state index < -0.39 is 5.66 Å². The van der Waals surface area contributed by atoms with Gasteiger partial charge in [0.15, 0.2) is 5.66 Å². The summed E-state index contributed by atoms with van der Waals surface area (Å²) in [4.78, 5) is 25.2. The van der Waals surface area contributed by atoms with Crippen molar-refractivity contribution in [2.75, 3.05) is 37.8 Å². The summed E-state index contributed by atoms with van der Waals surface area (Å²) in [6.07, 6.45) is 1.81. The van der Waals surface area contributed by atoms with Gasteiger partial charge in [-0.1, -0.05) is 30.8 Å². The molecule has 2 aromatic rings. The van der Waals surface area contributed by atoms with E-state index in [9.17, 15) is 4.79 Å². The number of anilines is 1. The normalized spacial score (nSPS) is 17.7. The molecular formula is C25H30N4O2S. The van der Waals surface area contributed by atoms with Crippen molar-refractivity contribution in [3.8, 4) is 5.75 Å². The molecular weight excluding hydrogens is 420 g/mol. The number of rotatable bonds is 6. The number of likely N-dealkylation sites (tertiary alicyclic amines) is 1. The number of nitrogens with zero attached hydrogens (tertiary/aromatic N) is 3. The van der Waals surface area contributed by atoms with Gasteiger partial charge in [-0.05, 0) is 55.4 Å². The first kappa shape index (κ1) is 22.6. The van der Waals surface area contributed by atoms with Crippen LogP contribution >= 0.6 is 11.8 Å². The van der Waals surface area contributed by atoms with Gasteiger partial charge in [-0.15, -0.1) is 0 Å². The summed E-state index contributed by atoms with van der Waals surface area (Å²) in [6.45, 7) is 7.24. The zero-order valence-corrected chi connectivity index (χ0v) is 19.7. The molecule has 0 radical (unpaired) electrons. The van der Waals surface area contributed by atoms with Gasteiger partial charge in [0.05, 0.1) is 18.6 Å². The molecule has 2 aliphatic rings. The zero-order valence-electron chi connectivity index (χ0n) is 18.9. The van der Waals surface area contributed by atoms with Crippen LogP contribution in [0.15, 0.2) is 58.5 Å². The Morgan fingerprint density at radius 2 is 1.91 bits per heavy atom. The number of carbonyl (C=O) groups is 1. The van der Waals surface area contributed by atoms with Crippen LogP contribution < -0.4 is 10.1 Å². The molecule has 2 aliphatic heterocycles. The van der Waals surface area contributed by atoms with E-state index in [2.05, 4.69) is 17.1 Å². The fraction of sp³-hybridized carbons (Fsp3) is 0.400. The Hall–Kier alpha value is -2.64. The lowest BCUT2D eigenvalue weighted by Crippen LogP contribution is -2.41. The number of amides is 1. The van der Waals surface area contributed by atoms with E-state index in [1.807, 2.05) is 55.5 Å². The van der Waals surface area contributed by atoms with Gasteiger partial charge in [0.2, 0.25) is 5.91 Å². The molecule has 6 nitrogen and oxygen atoms in total. The van der Waals surface area contributed by atoms with Gasteiger partial charge in [0, 0.05) is 37.2 Å². The Kier molecular flexibility index (Phi) is 6.96. The second kappa shape index (κ2) is 9.88. The monoisotopic (exact) mass is 450 g/mol. The highest BCUT2D eigenvalue weighted by atomic mass is 32.2. The van der Waals surface area contributed by atoms with Gasteiger partial charge < -0.3 is 15.0 Å². The van der Waals surface area contributed by atoms with Crippen LogP contribution in [-0.4, -0.2) is 59.7 Å². The fourth-order valence-corrected chi connectivity index (χ4v) is 4.94. The lowest BCUT2D eigenvalue weighted by atomic mass is 9.98. The Balaban J connectivity index is 1.51. The van der Waals surface area contributed by atoms with Crippen molar-refractivity contribution in [2.24, 2.45) is 9.98 Å². The third-order valence-electron chi connectivity index (χ3n) is 5.94. The molecule has 4 rings (SSSR count). The average Bonchev–Trinajstić information content (AvgIpc) is 3.16. The van der Waals surface area contributed by atoms with E-state index in [0.717, 1.165) is 65.8 Å². The summed E-state index contributed by atoms with van der Waals surface area (Å²) >= 11 is 1.46. The Morgan fingerprint density at radius 1 is 1.16 bits per heavy atom. The molecule has 1 saturated heterocycles. The minimum atomic E-state index is -0.406.